The summed E-state index contributed by atoms with van der Waals surface area (Å²) >= 11 is 0. The molecule has 31 heavy (non-hydrogen) atoms. The van der Waals surface area contributed by atoms with Crippen LogP contribution in [0.5, 0.6) is 0 Å². The smallest absolute Gasteiger partial charge is 0.405 e. The Hall–Kier alpha value is -3.56. The molecule has 0 fully saturated rings. The minimum Gasteiger partial charge on any atom is -0.461 e. The number of benzene rings is 2. The van der Waals surface area contributed by atoms with Gasteiger partial charge in [-0.15, -0.1) is 0 Å². The van der Waals surface area contributed by atoms with Gasteiger partial charge in [-0.1, -0.05) is 30.3 Å². The van der Waals surface area contributed by atoms with Crippen LogP contribution < -0.4 is 15.6 Å². The Labute approximate surface area is 176 Å². The van der Waals surface area contributed by atoms with Gasteiger partial charge in [-0.3, -0.25) is 9.80 Å². The second-order valence-electron chi connectivity index (χ2n) is 6.67. The molecule has 0 aliphatic carbocycles. The van der Waals surface area contributed by atoms with Gasteiger partial charge in [0.1, 0.15) is 18.3 Å². The number of esters is 1. The number of hydrogen-bond acceptors (Lipinski definition) is 6. The zero-order valence-corrected chi connectivity index (χ0v) is 16.6. The Kier molecular flexibility index (Phi) is 6.78. The van der Waals surface area contributed by atoms with Crippen molar-refractivity contribution in [1.82, 2.24) is 0 Å². The van der Waals surface area contributed by atoms with Crippen molar-refractivity contribution < 1.29 is 27.5 Å². The highest BCUT2D eigenvalue weighted by atomic mass is 19.4. The van der Waals surface area contributed by atoms with Gasteiger partial charge in [0.15, 0.2) is 0 Å². The van der Waals surface area contributed by atoms with Crippen molar-refractivity contribution in [2.75, 3.05) is 28.8 Å². The van der Waals surface area contributed by atoms with E-state index in [1.807, 2.05) is 0 Å². The lowest BCUT2D eigenvalue weighted by atomic mass is 10.1. The third-order valence-corrected chi connectivity index (χ3v) is 4.41. The van der Waals surface area contributed by atoms with E-state index in [0.717, 1.165) is 0 Å². The maximum atomic E-state index is 13.0. The molecule has 164 valence electrons. The third-order valence-electron chi connectivity index (χ3n) is 4.41. The van der Waals surface area contributed by atoms with Gasteiger partial charge in [0.25, 0.3) is 0 Å². The van der Waals surface area contributed by atoms with Crippen molar-refractivity contribution >= 4 is 34.7 Å². The van der Waals surface area contributed by atoms with E-state index in [0.29, 0.717) is 5.69 Å². The van der Waals surface area contributed by atoms with Gasteiger partial charge in [0, 0.05) is 6.42 Å². The normalized spacial score (nSPS) is 15.9. The summed E-state index contributed by atoms with van der Waals surface area (Å²) < 4.78 is 42.8. The molecule has 7 nitrogen and oxygen atoms in total. The molecular weight excluding hydrogens is 413 g/mol. The van der Waals surface area contributed by atoms with Crippen LogP contribution >= 0.6 is 0 Å². The topological polar surface area (TPSA) is 83.0 Å². The second-order valence-corrected chi connectivity index (χ2v) is 6.67. The third kappa shape index (κ3) is 5.74. The predicted octanol–water partition coefficient (Wildman–Crippen LogP) is 3.80. The van der Waals surface area contributed by atoms with Crippen molar-refractivity contribution in [1.29, 1.82) is 0 Å². The van der Waals surface area contributed by atoms with E-state index in [4.69, 9.17) is 4.74 Å². The van der Waals surface area contributed by atoms with Crippen LogP contribution in [-0.4, -0.2) is 43.0 Å². The fourth-order valence-corrected chi connectivity index (χ4v) is 3.03. The molecular formula is C21H21F3N4O3. The maximum Gasteiger partial charge on any atom is 0.405 e. The first-order chi connectivity index (χ1) is 14.8. The Bertz CT molecular complexity index is 964. The Morgan fingerprint density at radius 3 is 2.39 bits per heavy atom. The molecule has 0 saturated carbocycles. The number of amides is 1. The molecule has 3 rings (SSSR count). The molecule has 0 bridgehead atoms. The maximum absolute atomic E-state index is 13.0. The number of halogens is 3. The van der Waals surface area contributed by atoms with Crippen LogP contribution in [0.3, 0.4) is 0 Å². The number of hydrazone groups is 1. The number of carbonyl (C=O) groups is 2. The van der Waals surface area contributed by atoms with Crippen LogP contribution in [0.4, 0.5) is 30.2 Å². The number of hydrogen-bond donors (Lipinski definition) is 2. The van der Waals surface area contributed by atoms with E-state index in [9.17, 15) is 22.8 Å². The summed E-state index contributed by atoms with van der Waals surface area (Å²) in [6.07, 6.45) is -4.41. The fraction of sp³-hybridized carbons (Fsp3) is 0.286. The van der Waals surface area contributed by atoms with Crippen molar-refractivity contribution in [3.63, 3.8) is 0 Å². The van der Waals surface area contributed by atoms with Gasteiger partial charge in [-0.25, -0.2) is 4.79 Å². The van der Waals surface area contributed by atoms with Gasteiger partial charge < -0.3 is 15.4 Å². The van der Waals surface area contributed by atoms with E-state index < -0.39 is 30.6 Å². The lowest BCUT2D eigenvalue weighted by molar-refractivity contribution is -0.135. The van der Waals surface area contributed by atoms with Crippen molar-refractivity contribution in [3.8, 4) is 0 Å². The highest BCUT2D eigenvalue weighted by Crippen LogP contribution is 2.28. The second kappa shape index (κ2) is 9.50. The standard InChI is InChI=1S/C21H21F3N4O3/c1-2-31-20(30)17-12-18(28(27-17)14-8-4-3-5-9-14)19(29)26-16-11-7-6-10-15(16)25-13-21(22,23)24/h3-11,18,25H,2,12-13H2,1H3,(H,26,29). The summed E-state index contributed by atoms with van der Waals surface area (Å²) in [7, 11) is 0. The van der Waals surface area contributed by atoms with Crippen molar-refractivity contribution in [2.24, 2.45) is 5.10 Å². The summed E-state index contributed by atoms with van der Waals surface area (Å²) in [6, 6.07) is 14.0. The van der Waals surface area contributed by atoms with Crippen LogP contribution in [0.25, 0.3) is 0 Å². The Balaban J connectivity index is 1.81. The molecule has 0 radical (unpaired) electrons. The van der Waals surface area contributed by atoms with Crippen LogP contribution in [0, 0.1) is 0 Å². The Morgan fingerprint density at radius 2 is 1.74 bits per heavy atom. The van der Waals surface area contributed by atoms with E-state index >= 15 is 0 Å². The molecule has 1 atom stereocenters. The van der Waals surface area contributed by atoms with Gasteiger partial charge in [-0.2, -0.15) is 18.3 Å². The minimum absolute atomic E-state index is 0.00227. The molecule has 2 aromatic carbocycles. The number of nitrogens with one attached hydrogen (secondary N) is 2. The highest BCUT2D eigenvalue weighted by molar-refractivity contribution is 6.38. The molecule has 2 aromatic rings. The highest BCUT2D eigenvalue weighted by Gasteiger charge is 2.37. The number of para-hydroxylation sites is 3. The van der Waals surface area contributed by atoms with Gasteiger partial charge in [0.2, 0.25) is 5.91 Å². The number of rotatable bonds is 7. The van der Waals surface area contributed by atoms with Crippen LogP contribution in [0.15, 0.2) is 59.7 Å². The fourth-order valence-electron chi connectivity index (χ4n) is 3.03. The molecule has 0 spiro atoms. The summed E-state index contributed by atoms with van der Waals surface area (Å²) in [6.45, 7) is 0.589. The molecule has 1 aliphatic rings. The summed E-state index contributed by atoms with van der Waals surface area (Å²) in [5.41, 5.74) is 0.998. The number of carbonyl (C=O) groups excluding carboxylic acids is 2. The summed E-state index contributed by atoms with van der Waals surface area (Å²) in [4.78, 5) is 25.2. The van der Waals surface area contributed by atoms with E-state index in [1.165, 1.54) is 17.1 Å². The summed E-state index contributed by atoms with van der Waals surface area (Å²) in [5, 5.41) is 10.6. The lowest BCUT2D eigenvalue weighted by Crippen LogP contribution is -2.39. The molecule has 1 aliphatic heterocycles. The van der Waals surface area contributed by atoms with Crippen LogP contribution in [0.2, 0.25) is 0 Å². The van der Waals surface area contributed by atoms with Gasteiger partial charge in [0.05, 0.1) is 23.7 Å². The largest absolute Gasteiger partial charge is 0.461 e. The predicted molar refractivity (Wildman–Crippen MR) is 111 cm³/mol. The minimum atomic E-state index is -4.41. The quantitative estimate of drug-likeness (QED) is 0.648. The number of nitrogens with zero attached hydrogens (tertiary/aromatic N) is 2. The molecule has 0 saturated heterocycles. The van der Waals surface area contributed by atoms with E-state index in [2.05, 4.69) is 15.7 Å². The monoisotopic (exact) mass is 434 g/mol. The average molecular weight is 434 g/mol. The zero-order valence-electron chi connectivity index (χ0n) is 16.6. The molecule has 0 aromatic heterocycles. The van der Waals surface area contributed by atoms with Crippen LogP contribution in [-0.2, 0) is 14.3 Å². The molecule has 1 heterocycles. The van der Waals surface area contributed by atoms with E-state index in [1.54, 1.807) is 49.4 Å². The SMILES string of the molecule is CCOC(=O)C1=NN(c2ccccc2)C(C(=O)Nc2ccccc2NCC(F)(F)F)C1. The van der Waals surface area contributed by atoms with Crippen LogP contribution in [0.1, 0.15) is 13.3 Å². The van der Waals surface area contributed by atoms with Gasteiger partial charge >= 0.3 is 12.1 Å². The zero-order chi connectivity index (χ0) is 22.4. The number of ether oxygens (including phenoxy) is 1. The summed E-state index contributed by atoms with van der Waals surface area (Å²) in [5.74, 6) is -1.14. The number of anilines is 3. The van der Waals surface area contributed by atoms with Crippen molar-refractivity contribution in [3.05, 3.63) is 54.6 Å². The Morgan fingerprint density at radius 1 is 1.10 bits per heavy atom. The molecule has 10 heteroatoms. The molecule has 1 amide bonds. The first-order valence-electron chi connectivity index (χ1n) is 9.58. The van der Waals surface area contributed by atoms with Crippen molar-refractivity contribution in [2.45, 2.75) is 25.6 Å². The van der Waals surface area contributed by atoms with E-state index in [-0.39, 0.29) is 30.1 Å². The molecule has 2 N–H and O–H groups in total. The average Bonchev–Trinajstić information content (AvgIpc) is 3.19. The molecule has 1 unspecified atom stereocenters. The van der Waals surface area contributed by atoms with Gasteiger partial charge in [-0.05, 0) is 31.2 Å². The first kappa shape index (κ1) is 22.1. The number of alkyl halides is 3. The lowest BCUT2D eigenvalue weighted by Gasteiger charge is -2.23. The first-order valence-corrected chi connectivity index (χ1v) is 9.58.